The summed E-state index contributed by atoms with van der Waals surface area (Å²) in [7, 11) is 1.27. The van der Waals surface area contributed by atoms with E-state index in [2.05, 4.69) is 9.84 Å². The topological polar surface area (TPSA) is 44.1 Å². The van der Waals surface area contributed by atoms with Gasteiger partial charge in [0.1, 0.15) is 0 Å². The van der Waals surface area contributed by atoms with E-state index in [-0.39, 0.29) is 13.0 Å². The fraction of sp³-hybridized carbons (Fsp3) is 0.200. The maximum Gasteiger partial charge on any atom is 0.416 e. The van der Waals surface area contributed by atoms with Crippen LogP contribution in [0.15, 0.2) is 42.5 Å². The first-order valence-electron chi connectivity index (χ1n) is 8.44. The monoisotopic (exact) mass is 442 g/mol. The number of carbonyl (C=O) groups is 1. The van der Waals surface area contributed by atoms with Crippen molar-refractivity contribution in [3.63, 3.8) is 0 Å². The molecule has 0 fully saturated rings. The lowest BCUT2D eigenvalue weighted by atomic mass is 10.1. The molecule has 29 heavy (non-hydrogen) atoms. The van der Waals surface area contributed by atoms with E-state index < -0.39 is 17.7 Å². The summed E-state index contributed by atoms with van der Waals surface area (Å²) in [5, 5.41) is 5.77. The minimum atomic E-state index is -4.48. The molecule has 0 saturated carbocycles. The van der Waals surface area contributed by atoms with E-state index in [1.54, 1.807) is 30.4 Å². The number of methoxy groups -OCH3 is 1. The fourth-order valence-corrected chi connectivity index (χ4v) is 3.25. The predicted molar refractivity (Wildman–Crippen MR) is 106 cm³/mol. The van der Waals surface area contributed by atoms with Crippen LogP contribution in [0.4, 0.5) is 13.2 Å². The zero-order valence-electron chi connectivity index (χ0n) is 15.1. The number of fused-ring (bicyclic) bond motifs is 1. The van der Waals surface area contributed by atoms with Crippen molar-refractivity contribution in [2.45, 2.75) is 19.1 Å². The van der Waals surface area contributed by atoms with Gasteiger partial charge in [0.05, 0.1) is 36.8 Å². The van der Waals surface area contributed by atoms with Crippen LogP contribution >= 0.6 is 23.2 Å². The number of alkyl halides is 3. The van der Waals surface area contributed by atoms with Crippen molar-refractivity contribution < 1.29 is 22.7 Å². The summed E-state index contributed by atoms with van der Waals surface area (Å²) in [6.07, 6.45) is -1.34. The Morgan fingerprint density at radius 2 is 1.97 bits per heavy atom. The van der Waals surface area contributed by atoms with Gasteiger partial charge < -0.3 is 4.74 Å². The molecule has 0 aliphatic heterocycles. The molecule has 0 atom stereocenters. The lowest BCUT2D eigenvalue weighted by Crippen LogP contribution is -2.06. The Kier molecular flexibility index (Phi) is 6.19. The molecule has 0 bridgehead atoms. The van der Waals surface area contributed by atoms with Crippen molar-refractivity contribution in [2.75, 3.05) is 7.11 Å². The highest BCUT2D eigenvalue weighted by Gasteiger charge is 2.31. The van der Waals surface area contributed by atoms with Gasteiger partial charge in [-0.15, -0.1) is 0 Å². The Hall–Kier alpha value is -2.51. The number of carbonyl (C=O) groups excluding carboxylic acids is 1. The molecule has 0 aliphatic carbocycles. The summed E-state index contributed by atoms with van der Waals surface area (Å²) in [6, 6.07) is 8.31. The second-order valence-electron chi connectivity index (χ2n) is 6.19. The zero-order chi connectivity index (χ0) is 21.2. The number of halogens is 5. The number of aromatic nitrogens is 2. The van der Waals surface area contributed by atoms with Gasteiger partial charge in [0, 0.05) is 15.4 Å². The van der Waals surface area contributed by atoms with E-state index in [0.717, 1.165) is 12.1 Å². The molecule has 0 spiro atoms. The van der Waals surface area contributed by atoms with Crippen LogP contribution in [-0.4, -0.2) is 22.9 Å². The van der Waals surface area contributed by atoms with Gasteiger partial charge >= 0.3 is 12.1 Å². The third-order valence-electron chi connectivity index (χ3n) is 4.23. The first-order valence-corrected chi connectivity index (χ1v) is 9.19. The molecule has 152 valence electrons. The van der Waals surface area contributed by atoms with E-state index in [9.17, 15) is 18.0 Å². The average Bonchev–Trinajstić information content (AvgIpc) is 3.00. The molecule has 0 saturated heterocycles. The van der Waals surface area contributed by atoms with Gasteiger partial charge in [0.25, 0.3) is 0 Å². The van der Waals surface area contributed by atoms with Crippen molar-refractivity contribution in [3.05, 3.63) is 69.3 Å². The van der Waals surface area contributed by atoms with Crippen LogP contribution < -0.4 is 0 Å². The average molecular weight is 443 g/mol. The number of esters is 1. The molecular weight excluding hydrogens is 428 g/mol. The van der Waals surface area contributed by atoms with Gasteiger partial charge in [-0.25, -0.2) is 0 Å². The van der Waals surface area contributed by atoms with E-state index in [1.165, 1.54) is 17.9 Å². The molecule has 0 radical (unpaired) electrons. The Balaban J connectivity index is 2.07. The second kappa shape index (κ2) is 8.47. The largest absolute Gasteiger partial charge is 0.469 e. The molecule has 3 aromatic rings. The number of nitrogens with zero attached hydrogens (tertiary/aromatic N) is 2. The first kappa shape index (κ1) is 21.2. The SMILES string of the molecule is COC(=O)C/C=C/c1nn(Cc2ccc(Cl)cc2Cl)c2cc(C(F)(F)F)ccc12. The first-order chi connectivity index (χ1) is 13.7. The summed E-state index contributed by atoms with van der Waals surface area (Å²) in [6.45, 7) is 0.151. The Morgan fingerprint density at radius 1 is 1.21 bits per heavy atom. The number of rotatable bonds is 5. The van der Waals surface area contributed by atoms with Gasteiger partial charge in [-0.1, -0.05) is 35.3 Å². The van der Waals surface area contributed by atoms with Crippen molar-refractivity contribution in [1.29, 1.82) is 0 Å². The van der Waals surface area contributed by atoms with Crippen LogP contribution in [0.25, 0.3) is 17.0 Å². The lowest BCUT2D eigenvalue weighted by Gasteiger charge is -2.09. The number of ether oxygens (including phenoxy) is 1. The molecule has 2 aromatic carbocycles. The number of hydrogen-bond acceptors (Lipinski definition) is 3. The molecule has 0 aliphatic rings. The van der Waals surface area contributed by atoms with Crippen molar-refractivity contribution >= 4 is 46.2 Å². The predicted octanol–water partition coefficient (Wildman–Crippen LogP) is 5.99. The lowest BCUT2D eigenvalue weighted by molar-refractivity contribution is -0.139. The second-order valence-corrected chi connectivity index (χ2v) is 7.03. The minimum Gasteiger partial charge on any atom is -0.469 e. The van der Waals surface area contributed by atoms with Gasteiger partial charge in [0.2, 0.25) is 0 Å². The number of benzene rings is 2. The normalized spacial score (nSPS) is 12.1. The third kappa shape index (κ3) is 4.92. The highest BCUT2D eigenvalue weighted by atomic mass is 35.5. The molecule has 0 unspecified atom stereocenters. The van der Waals surface area contributed by atoms with Crippen molar-refractivity contribution in [3.8, 4) is 0 Å². The standard InChI is InChI=1S/C20H15Cl2F3N2O2/c1-29-19(28)4-2-3-17-15-8-6-13(20(23,24)25)9-18(15)27(26-17)11-12-5-7-14(21)10-16(12)22/h2-3,5-10H,4,11H2,1H3/b3-2+. The molecule has 9 heteroatoms. The van der Waals surface area contributed by atoms with E-state index in [0.29, 0.717) is 32.2 Å². The quantitative estimate of drug-likeness (QED) is 0.456. The maximum atomic E-state index is 13.2. The Labute approximate surface area is 174 Å². The van der Waals surface area contributed by atoms with Gasteiger partial charge in [-0.05, 0) is 42.0 Å². The summed E-state index contributed by atoms with van der Waals surface area (Å²) in [5.74, 6) is -0.433. The summed E-state index contributed by atoms with van der Waals surface area (Å²) in [5.41, 5.74) is 0.604. The smallest absolute Gasteiger partial charge is 0.416 e. The van der Waals surface area contributed by atoms with E-state index >= 15 is 0 Å². The summed E-state index contributed by atoms with van der Waals surface area (Å²) in [4.78, 5) is 11.3. The van der Waals surface area contributed by atoms with Gasteiger partial charge in [-0.2, -0.15) is 18.3 Å². The Morgan fingerprint density at radius 3 is 2.62 bits per heavy atom. The van der Waals surface area contributed by atoms with Crippen LogP contribution in [0.2, 0.25) is 10.0 Å². The fourth-order valence-electron chi connectivity index (χ4n) is 2.78. The minimum absolute atomic E-state index is 0.0223. The van der Waals surface area contributed by atoms with E-state index in [1.807, 2.05) is 0 Å². The highest BCUT2D eigenvalue weighted by molar-refractivity contribution is 6.35. The van der Waals surface area contributed by atoms with Gasteiger partial charge in [0.15, 0.2) is 0 Å². The molecule has 4 nitrogen and oxygen atoms in total. The van der Waals surface area contributed by atoms with Crippen LogP contribution in [0.5, 0.6) is 0 Å². The Bertz CT molecular complexity index is 1090. The highest BCUT2D eigenvalue weighted by Crippen LogP contribution is 2.33. The zero-order valence-corrected chi connectivity index (χ0v) is 16.6. The van der Waals surface area contributed by atoms with E-state index in [4.69, 9.17) is 23.2 Å². The summed E-state index contributed by atoms with van der Waals surface area (Å²) < 4.78 is 45.6. The molecule has 1 aromatic heterocycles. The van der Waals surface area contributed by atoms with Crippen LogP contribution in [-0.2, 0) is 22.3 Å². The molecular formula is C20H15Cl2F3N2O2. The van der Waals surface area contributed by atoms with Gasteiger partial charge in [-0.3, -0.25) is 9.48 Å². The summed E-state index contributed by atoms with van der Waals surface area (Å²) >= 11 is 12.1. The maximum absolute atomic E-state index is 13.2. The number of hydrogen-bond donors (Lipinski definition) is 0. The third-order valence-corrected chi connectivity index (χ3v) is 4.82. The molecule has 3 rings (SSSR count). The molecule has 0 amide bonds. The molecule has 1 heterocycles. The van der Waals surface area contributed by atoms with Crippen LogP contribution in [0, 0.1) is 0 Å². The van der Waals surface area contributed by atoms with Crippen LogP contribution in [0.1, 0.15) is 23.2 Å². The van der Waals surface area contributed by atoms with Crippen molar-refractivity contribution in [1.82, 2.24) is 9.78 Å². The van der Waals surface area contributed by atoms with Crippen molar-refractivity contribution in [2.24, 2.45) is 0 Å². The molecule has 0 N–H and O–H groups in total. The van der Waals surface area contributed by atoms with Crippen LogP contribution in [0.3, 0.4) is 0 Å².